The predicted octanol–water partition coefficient (Wildman–Crippen LogP) is 2.57. The lowest BCUT2D eigenvalue weighted by atomic mass is 10.2. The van der Waals surface area contributed by atoms with Gasteiger partial charge in [0.15, 0.2) is 0 Å². The minimum Gasteiger partial charge on any atom is -0.383 e. The fourth-order valence-corrected chi connectivity index (χ4v) is 2.39. The largest absolute Gasteiger partial charge is 0.383 e. The highest BCUT2D eigenvalue weighted by Gasteiger charge is 2.02. The van der Waals surface area contributed by atoms with E-state index in [1.54, 1.807) is 11.8 Å². The Hall–Kier alpha value is -1.24. The molecule has 0 spiro atoms. The summed E-state index contributed by atoms with van der Waals surface area (Å²) in [6, 6.07) is 4.85. The first-order valence-electron chi connectivity index (χ1n) is 6.33. The first-order valence-corrected chi connectivity index (χ1v) is 7.12. The molecule has 0 aliphatic carbocycles. The average molecular weight is 342 g/mol. The third-order valence-corrected chi connectivity index (χ3v) is 3.22. The van der Waals surface area contributed by atoms with Crippen molar-refractivity contribution >= 4 is 15.9 Å². The number of rotatable bonds is 7. The van der Waals surface area contributed by atoms with Gasteiger partial charge in [-0.15, -0.1) is 0 Å². The summed E-state index contributed by atoms with van der Waals surface area (Å²) in [5.74, 6) is -0.247. The summed E-state index contributed by atoms with van der Waals surface area (Å²) in [4.78, 5) is 0. The zero-order chi connectivity index (χ0) is 14.4. The van der Waals surface area contributed by atoms with Gasteiger partial charge in [-0.2, -0.15) is 5.10 Å². The molecule has 20 heavy (non-hydrogen) atoms. The zero-order valence-electron chi connectivity index (χ0n) is 11.3. The second-order valence-electron chi connectivity index (χ2n) is 4.49. The van der Waals surface area contributed by atoms with Crippen molar-refractivity contribution in [3.8, 4) is 0 Å². The topological polar surface area (TPSA) is 39.1 Å². The number of nitrogens with one attached hydrogen (secondary N) is 1. The van der Waals surface area contributed by atoms with Crippen LogP contribution in [0.5, 0.6) is 0 Å². The van der Waals surface area contributed by atoms with Crippen LogP contribution in [0.2, 0.25) is 0 Å². The van der Waals surface area contributed by atoms with Gasteiger partial charge in [-0.3, -0.25) is 4.68 Å². The van der Waals surface area contributed by atoms with E-state index in [1.165, 1.54) is 12.1 Å². The van der Waals surface area contributed by atoms with E-state index in [0.29, 0.717) is 13.2 Å². The number of benzene rings is 1. The molecule has 1 aromatic carbocycles. The van der Waals surface area contributed by atoms with E-state index in [9.17, 15) is 4.39 Å². The molecule has 0 bridgehead atoms. The standard InChI is InChI=1S/C14H17BrFN3O/c1-20-3-2-17-7-12-8-18-19(10-12)9-11-4-13(15)6-14(16)5-11/h4-6,8,10,17H,2-3,7,9H2,1H3. The number of methoxy groups -OCH3 is 1. The molecule has 0 saturated carbocycles. The molecule has 108 valence electrons. The molecule has 0 fully saturated rings. The van der Waals surface area contributed by atoms with Crippen LogP contribution in [0.25, 0.3) is 0 Å². The Balaban J connectivity index is 1.92. The summed E-state index contributed by atoms with van der Waals surface area (Å²) in [5.41, 5.74) is 1.97. The third-order valence-electron chi connectivity index (χ3n) is 2.77. The average Bonchev–Trinajstić information content (AvgIpc) is 2.81. The monoisotopic (exact) mass is 341 g/mol. The molecule has 1 aromatic heterocycles. The summed E-state index contributed by atoms with van der Waals surface area (Å²) in [5, 5.41) is 7.53. The summed E-state index contributed by atoms with van der Waals surface area (Å²) in [6.45, 7) is 2.79. The summed E-state index contributed by atoms with van der Waals surface area (Å²) >= 11 is 3.29. The predicted molar refractivity (Wildman–Crippen MR) is 79.0 cm³/mol. The molecule has 0 radical (unpaired) electrons. The van der Waals surface area contributed by atoms with Gasteiger partial charge in [0.05, 0.1) is 19.3 Å². The first-order chi connectivity index (χ1) is 9.67. The van der Waals surface area contributed by atoms with Crippen LogP contribution in [0.3, 0.4) is 0 Å². The van der Waals surface area contributed by atoms with Crippen LogP contribution < -0.4 is 5.32 Å². The highest BCUT2D eigenvalue weighted by atomic mass is 79.9. The molecule has 0 atom stereocenters. The van der Waals surface area contributed by atoms with Crippen LogP contribution in [-0.4, -0.2) is 30.0 Å². The van der Waals surface area contributed by atoms with Crippen molar-refractivity contribution in [1.82, 2.24) is 15.1 Å². The van der Waals surface area contributed by atoms with E-state index in [1.807, 2.05) is 18.5 Å². The molecule has 1 N–H and O–H groups in total. The Labute approximate surface area is 126 Å². The quantitative estimate of drug-likeness (QED) is 0.786. The van der Waals surface area contributed by atoms with Gasteiger partial charge in [-0.05, 0) is 23.8 Å². The molecular formula is C14H17BrFN3O. The van der Waals surface area contributed by atoms with Crippen molar-refractivity contribution in [2.45, 2.75) is 13.1 Å². The third kappa shape index (κ3) is 4.70. The number of hydrogen-bond donors (Lipinski definition) is 1. The molecule has 2 aromatic rings. The van der Waals surface area contributed by atoms with Crippen molar-refractivity contribution in [2.75, 3.05) is 20.3 Å². The Bertz CT molecular complexity index is 539. The Morgan fingerprint density at radius 2 is 2.20 bits per heavy atom. The van der Waals surface area contributed by atoms with Gasteiger partial charge in [-0.1, -0.05) is 15.9 Å². The first kappa shape index (κ1) is 15.2. The van der Waals surface area contributed by atoms with Crippen molar-refractivity contribution in [1.29, 1.82) is 0 Å². The molecule has 2 rings (SSSR count). The van der Waals surface area contributed by atoms with Gasteiger partial charge in [0.1, 0.15) is 5.82 Å². The molecule has 0 saturated heterocycles. The van der Waals surface area contributed by atoms with Crippen LogP contribution in [0.15, 0.2) is 35.1 Å². The van der Waals surface area contributed by atoms with Crippen molar-refractivity contribution < 1.29 is 9.13 Å². The van der Waals surface area contributed by atoms with E-state index in [4.69, 9.17) is 4.74 Å². The molecule has 0 amide bonds. The number of halogens is 2. The number of ether oxygens (including phenoxy) is 1. The van der Waals surface area contributed by atoms with Crippen LogP contribution in [0, 0.1) is 5.82 Å². The van der Waals surface area contributed by atoms with Gasteiger partial charge in [0, 0.05) is 36.4 Å². The van der Waals surface area contributed by atoms with Gasteiger partial charge in [-0.25, -0.2) is 4.39 Å². The molecule has 0 aliphatic rings. The zero-order valence-corrected chi connectivity index (χ0v) is 12.9. The van der Waals surface area contributed by atoms with Crippen LogP contribution in [-0.2, 0) is 17.8 Å². The minimum atomic E-state index is -0.247. The van der Waals surface area contributed by atoms with Gasteiger partial charge in [0.2, 0.25) is 0 Å². The van der Waals surface area contributed by atoms with Crippen LogP contribution in [0.1, 0.15) is 11.1 Å². The lowest BCUT2D eigenvalue weighted by Crippen LogP contribution is -2.18. The Morgan fingerprint density at radius 1 is 1.35 bits per heavy atom. The molecule has 0 unspecified atom stereocenters. The summed E-state index contributed by atoms with van der Waals surface area (Å²) in [6.07, 6.45) is 3.77. The maximum absolute atomic E-state index is 13.3. The van der Waals surface area contributed by atoms with Gasteiger partial charge < -0.3 is 10.1 Å². The number of hydrogen-bond acceptors (Lipinski definition) is 3. The van der Waals surface area contributed by atoms with Crippen LogP contribution in [0.4, 0.5) is 4.39 Å². The van der Waals surface area contributed by atoms with Crippen LogP contribution >= 0.6 is 15.9 Å². The SMILES string of the molecule is COCCNCc1cnn(Cc2cc(F)cc(Br)c2)c1. The fraction of sp³-hybridized carbons (Fsp3) is 0.357. The number of nitrogens with zero attached hydrogens (tertiary/aromatic N) is 2. The van der Waals surface area contributed by atoms with E-state index < -0.39 is 0 Å². The number of aromatic nitrogens is 2. The minimum absolute atomic E-state index is 0.247. The molecular weight excluding hydrogens is 325 g/mol. The van der Waals surface area contributed by atoms with Crippen molar-refractivity contribution in [2.24, 2.45) is 0 Å². The highest BCUT2D eigenvalue weighted by Crippen LogP contribution is 2.15. The summed E-state index contributed by atoms with van der Waals surface area (Å²) < 4.78 is 20.8. The molecule has 6 heteroatoms. The van der Waals surface area contributed by atoms with Crippen molar-refractivity contribution in [3.63, 3.8) is 0 Å². The summed E-state index contributed by atoms with van der Waals surface area (Å²) in [7, 11) is 1.68. The van der Waals surface area contributed by atoms with Gasteiger partial charge >= 0.3 is 0 Å². The van der Waals surface area contributed by atoms with Gasteiger partial charge in [0.25, 0.3) is 0 Å². The maximum atomic E-state index is 13.3. The lowest BCUT2D eigenvalue weighted by Gasteiger charge is -2.03. The second kappa shape index (κ2) is 7.52. The normalized spacial score (nSPS) is 10.9. The smallest absolute Gasteiger partial charge is 0.124 e. The van der Waals surface area contributed by atoms with E-state index in [-0.39, 0.29) is 5.82 Å². The Morgan fingerprint density at radius 3 is 2.95 bits per heavy atom. The molecule has 4 nitrogen and oxygen atoms in total. The highest BCUT2D eigenvalue weighted by molar-refractivity contribution is 9.10. The Kier molecular flexibility index (Phi) is 5.70. The molecule has 1 heterocycles. The fourth-order valence-electron chi connectivity index (χ4n) is 1.88. The van der Waals surface area contributed by atoms with Crippen molar-refractivity contribution in [3.05, 3.63) is 52.0 Å². The van der Waals surface area contributed by atoms with E-state index in [0.717, 1.165) is 28.7 Å². The van der Waals surface area contributed by atoms with E-state index >= 15 is 0 Å². The molecule has 0 aliphatic heterocycles. The van der Waals surface area contributed by atoms with E-state index in [2.05, 4.69) is 26.3 Å². The maximum Gasteiger partial charge on any atom is 0.124 e. The second-order valence-corrected chi connectivity index (χ2v) is 5.41. The lowest BCUT2D eigenvalue weighted by molar-refractivity contribution is 0.199.